The van der Waals surface area contributed by atoms with E-state index in [1.165, 1.54) is 0 Å². The molecule has 0 aliphatic heterocycles. The SMILES string of the molecule is CC(C)CCC(C)NC(=O)CN(CC(=O)O)CC(=O)O. The van der Waals surface area contributed by atoms with E-state index in [2.05, 4.69) is 19.2 Å². The van der Waals surface area contributed by atoms with E-state index in [4.69, 9.17) is 10.2 Å². The molecular weight excluding hydrogens is 264 g/mol. The van der Waals surface area contributed by atoms with Crippen molar-refractivity contribution in [1.29, 1.82) is 0 Å². The average molecular weight is 288 g/mol. The highest BCUT2D eigenvalue weighted by atomic mass is 16.4. The number of carbonyl (C=O) groups excluding carboxylic acids is 1. The molecule has 0 bridgehead atoms. The zero-order valence-corrected chi connectivity index (χ0v) is 12.3. The van der Waals surface area contributed by atoms with Crippen molar-refractivity contribution in [3.63, 3.8) is 0 Å². The molecule has 3 N–H and O–H groups in total. The van der Waals surface area contributed by atoms with Gasteiger partial charge in [-0.3, -0.25) is 19.3 Å². The molecule has 0 spiro atoms. The number of carbonyl (C=O) groups is 3. The van der Waals surface area contributed by atoms with Gasteiger partial charge in [0.15, 0.2) is 0 Å². The standard InChI is InChI=1S/C13H24N2O5/c1-9(2)4-5-10(3)14-11(16)6-15(7-12(17)18)8-13(19)20/h9-10H,4-8H2,1-3H3,(H,14,16)(H,17,18)(H,19,20). The normalized spacial score (nSPS) is 12.4. The summed E-state index contributed by atoms with van der Waals surface area (Å²) >= 11 is 0. The lowest BCUT2D eigenvalue weighted by Gasteiger charge is -2.20. The molecule has 0 rings (SSSR count). The van der Waals surface area contributed by atoms with E-state index in [9.17, 15) is 14.4 Å². The zero-order valence-electron chi connectivity index (χ0n) is 12.3. The quantitative estimate of drug-likeness (QED) is 0.537. The van der Waals surface area contributed by atoms with Gasteiger partial charge in [-0.25, -0.2) is 0 Å². The molecule has 0 saturated heterocycles. The molecule has 0 aliphatic carbocycles. The van der Waals surface area contributed by atoms with Gasteiger partial charge in [0.2, 0.25) is 5.91 Å². The zero-order chi connectivity index (χ0) is 15.7. The van der Waals surface area contributed by atoms with Gasteiger partial charge in [-0.1, -0.05) is 13.8 Å². The number of carboxylic acid groups (broad SMARTS) is 2. The second kappa shape index (κ2) is 9.30. The lowest BCUT2D eigenvalue weighted by molar-refractivity contribution is -0.142. The first-order chi connectivity index (χ1) is 9.20. The highest BCUT2D eigenvalue weighted by molar-refractivity contribution is 5.80. The first-order valence-corrected chi connectivity index (χ1v) is 6.66. The van der Waals surface area contributed by atoms with Gasteiger partial charge >= 0.3 is 11.9 Å². The maximum Gasteiger partial charge on any atom is 0.317 e. The summed E-state index contributed by atoms with van der Waals surface area (Å²) in [5.41, 5.74) is 0. The van der Waals surface area contributed by atoms with Crippen LogP contribution in [0, 0.1) is 5.92 Å². The summed E-state index contributed by atoms with van der Waals surface area (Å²) in [5, 5.41) is 20.1. The van der Waals surface area contributed by atoms with Gasteiger partial charge in [0.1, 0.15) is 0 Å². The van der Waals surface area contributed by atoms with Crippen LogP contribution in [0.2, 0.25) is 0 Å². The van der Waals surface area contributed by atoms with Gasteiger partial charge in [-0.05, 0) is 25.7 Å². The lowest BCUT2D eigenvalue weighted by Crippen LogP contribution is -2.44. The predicted molar refractivity (Wildman–Crippen MR) is 73.4 cm³/mol. The fourth-order valence-electron chi connectivity index (χ4n) is 1.73. The summed E-state index contributed by atoms with van der Waals surface area (Å²) in [4.78, 5) is 34.0. The van der Waals surface area contributed by atoms with Gasteiger partial charge < -0.3 is 15.5 Å². The Balaban J connectivity index is 4.23. The third-order valence-electron chi connectivity index (χ3n) is 2.67. The van der Waals surface area contributed by atoms with Crippen molar-refractivity contribution in [2.75, 3.05) is 19.6 Å². The molecule has 0 radical (unpaired) electrons. The third-order valence-corrected chi connectivity index (χ3v) is 2.67. The van der Waals surface area contributed by atoms with E-state index in [1.54, 1.807) is 0 Å². The van der Waals surface area contributed by atoms with Crippen molar-refractivity contribution in [3.05, 3.63) is 0 Å². The fourth-order valence-corrected chi connectivity index (χ4v) is 1.73. The topological polar surface area (TPSA) is 107 Å². The number of aliphatic carboxylic acids is 2. The second-order valence-corrected chi connectivity index (χ2v) is 5.37. The minimum atomic E-state index is -1.16. The number of carboxylic acids is 2. The number of nitrogens with one attached hydrogen (secondary N) is 1. The van der Waals surface area contributed by atoms with E-state index >= 15 is 0 Å². The van der Waals surface area contributed by atoms with Gasteiger partial charge in [0, 0.05) is 6.04 Å². The highest BCUT2D eigenvalue weighted by Crippen LogP contribution is 2.06. The molecule has 0 aliphatic rings. The van der Waals surface area contributed by atoms with Crippen LogP contribution in [-0.4, -0.2) is 58.6 Å². The molecule has 7 nitrogen and oxygen atoms in total. The molecule has 7 heteroatoms. The van der Waals surface area contributed by atoms with Gasteiger partial charge in [-0.15, -0.1) is 0 Å². The van der Waals surface area contributed by atoms with Crippen molar-refractivity contribution in [1.82, 2.24) is 10.2 Å². The van der Waals surface area contributed by atoms with Crippen LogP contribution in [0.1, 0.15) is 33.6 Å². The minimum Gasteiger partial charge on any atom is -0.480 e. The number of hydrogen-bond donors (Lipinski definition) is 3. The summed E-state index contributed by atoms with van der Waals surface area (Å²) in [6.07, 6.45) is 1.82. The molecule has 1 unspecified atom stereocenters. The Morgan fingerprint density at radius 3 is 1.85 bits per heavy atom. The minimum absolute atomic E-state index is 0.0126. The Morgan fingerprint density at radius 1 is 0.950 bits per heavy atom. The molecular formula is C13H24N2O5. The number of rotatable bonds is 10. The van der Waals surface area contributed by atoms with Gasteiger partial charge in [-0.2, -0.15) is 0 Å². The molecule has 0 fully saturated rings. The van der Waals surface area contributed by atoms with Crippen LogP contribution < -0.4 is 5.32 Å². The van der Waals surface area contributed by atoms with Crippen LogP contribution in [0.15, 0.2) is 0 Å². The smallest absolute Gasteiger partial charge is 0.317 e. The molecule has 0 saturated carbocycles. The van der Waals surface area contributed by atoms with Crippen LogP contribution in [0.4, 0.5) is 0 Å². The van der Waals surface area contributed by atoms with E-state index < -0.39 is 25.0 Å². The van der Waals surface area contributed by atoms with Crippen molar-refractivity contribution in [3.8, 4) is 0 Å². The monoisotopic (exact) mass is 288 g/mol. The Bertz CT molecular complexity index is 328. The molecule has 0 aromatic heterocycles. The molecule has 20 heavy (non-hydrogen) atoms. The summed E-state index contributed by atoms with van der Waals surface area (Å²) in [5.74, 6) is -2.13. The van der Waals surface area contributed by atoms with E-state index in [0.29, 0.717) is 5.92 Å². The molecule has 0 heterocycles. The van der Waals surface area contributed by atoms with Crippen LogP contribution >= 0.6 is 0 Å². The molecule has 116 valence electrons. The summed E-state index contributed by atoms with van der Waals surface area (Å²) in [6, 6.07) is -0.0126. The van der Waals surface area contributed by atoms with Crippen molar-refractivity contribution in [2.24, 2.45) is 5.92 Å². The maximum absolute atomic E-state index is 11.7. The number of nitrogens with zero attached hydrogens (tertiary/aromatic N) is 1. The van der Waals surface area contributed by atoms with Gasteiger partial charge in [0.25, 0.3) is 0 Å². The molecule has 0 aromatic rings. The first kappa shape index (κ1) is 18.4. The van der Waals surface area contributed by atoms with Crippen molar-refractivity contribution < 1.29 is 24.6 Å². The largest absolute Gasteiger partial charge is 0.480 e. The Hall–Kier alpha value is -1.63. The van der Waals surface area contributed by atoms with Crippen LogP contribution in [0.3, 0.4) is 0 Å². The third kappa shape index (κ3) is 10.3. The summed E-state index contributed by atoms with van der Waals surface area (Å²) in [6.45, 7) is 4.88. The summed E-state index contributed by atoms with van der Waals surface area (Å²) in [7, 11) is 0. The van der Waals surface area contributed by atoms with E-state index in [-0.39, 0.29) is 18.5 Å². The fraction of sp³-hybridized carbons (Fsp3) is 0.769. The van der Waals surface area contributed by atoms with Gasteiger partial charge in [0.05, 0.1) is 19.6 Å². The number of hydrogen-bond acceptors (Lipinski definition) is 4. The maximum atomic E-state index is 11.7. The van der Waals surface area contributed by atoms with Crippen molar-refractivity contribution >= 4 is 17.8 Å². The Morgan fingerprint density at radius 2 is 1.45 bits per heavy atom. The summed E-state index contributed by atoms with van der Waals surface area (Å²) < 4.78 is 0. The molecule has 1 amide bonds. The molecule has 1 atom stereocenters. The lowest BCUT2D eigenvalue weighted by atomic mass is 10.0. The predicted octanol–water partition coefficient (Wildman–Crippen LogP) is 0.399. The van der Waals surface area contributed by atoms with E-state index in [0.717, 1.165) is 17.7 Å². The number of amides is 1. The first-order valence-electron chi connectivity index (χ1n) is 6.66. The van der Waals surface area contributed by atoms with Crippen LogP contribution in [0.25, 0.3) is 0 Å². The second-order valence-electron chi connectivity index (χ2n) is 5.37. The average Bonchev–Trinajstić information content (AvgIpc) is 2.23. The van der Waals surface area contributed by atoms with Crippen LogP contribution in [-0.2, 0) is 14.4 Å². The van der Waals surface area contributed by atoms with E-state index in [1.807, 2.05) is 6.92 Å². The molecule has 0 aromatic carbocycles. The van der Waals surface area contributed by atoms with Crippen LogP contribution in [0.5, 0.6) is 0 Å². The Labute approximate surface area is 119 Å². The Kier molecular flexibility index (Phi) is 8.54. The van der Waals surface area contributed by atoms with Crippen molar-refractivity contribution in [2.45, 2.75) is 39.7 Å². The highest BCUT2D eigenvalue weighted by Gasteiger charge is 2.17.